The van der Waals surface area contributed by atoms with E-state index in [2.05, 4.69) is 16.9 Å². The van der Waals surface area contributed by atoms with Gasteiger partial charge in [-0.1, -0.05) is 17.7 Å². The number of carbonyl (C=O) groups is 1. The first-order chi connectivity index (χ1) is 16.7. The molecule has 1 aromatic heterocycles. The fourth-order valence-corrected chi connectivity index (χ4v) is 4.80. The molecular weight excluding hydrogens is 474 g/mol. The van der Waals surface area contributed by atoms with E-state index >= 15 is 0 Å². The topological polar surface area (TPSA) is 94.5 Å². The van der Waals surface area contributed by atoms with E-state index in [1.54, 1.807) is 25.3 Å². The van der Waals surface area contributed by atoms with Crippen LogP contribution in [0.2, 0.25) is 5.02 Å². The smallest absolute Gasteiger partial charge is 0.248 e. The van der Waals surface area contributed by atoms with E-state index < -0.39 is 23.6 Å². The Labute approximate surface area is 207 Å². The molecule has 1 saturated heterocycles. The van der Waals surface area contributed by atoms with Gasteiger partial charge in [0.15, 0.2) is 11.6 Å². The van der Waals surface area contributed by atoms with Crippen LogP contribution in [-0.2, 0) is 0 Å². The summed E-state index contributed by atoms with van der Waals surface area (Å²) < 4.78 is 34.2. The molecular formula is C26H27ClF2N4O2. The molecule has 2 heterocycles. The summed E-state index contributed by atoms with van der Waals surface area (Å²) in [6.07, 6.45) is 2.57. The molecule has 1 fully saturated rings. The van der Waals surface area contributed by atoms with Crippen molar-refractivity contribution < 1.29 is 18.3 Å². The number of amides is 1. The number of pyridine rings is 1. The number of nitrogens with two attached hydrogens (primary N) is 2. The number of halogens is 3. The van der Waals surface area contributed by atoms with E-state index in [4.69, 9.17) is 27.8 Å². The van der Waals surface area contributed by atoms with E-state index in [9.17, 15) is 13.6 Å². The molecule has 1 atom stereocenters. The number of rotatable bonds is 6. The zero-order valence-corrected chi connectivity index (χ0v) is 20.3. The van der Waals surface area contributed by atoms with Gasteiger partial charge in [-0.2, -0.15) is 0 Å². The number of nitrogens with zero attached hydrogens (tertiary/aromatic N) is 2. The average molecular weight is 501 g/mol. The zero-order chi connectivity index (χ0) is 25.3. The minimum Gasteiger partial charge on any atom is -0.482 e. The van der Waals surface area contributed by atoms with Gasteiger partial charge in [-0.3, -0.25) is 4.79 Å². The van der Waals surface area contributed by atoms with Crippen LogP contribution in [0.25, 0.3) is 11.1 Å². The van der Waals surface area contributed by atoms with Crippen LogP contribution in [0.15, 0.2) is 42.6 Å². The summed E-state index contributed by atoms with van der Waals surface area (Å²) in [5, 5.41) is -0.341. The fourth-order valence-electron chi connectivity index (χ4n) is 4.50. The number of anilines is 1. The van der Waals surface area contributed by atoms with Crippen LogP contribution in [-0.4, -0.2) is 35.9 Å². The molecule has 1 unspecified atom stereocenters. The van der Waals surface area contributed by atoms with Gasteiger partial charge in [0.2, 0.25) is 5.91 Å². The second-order valence-corrected chi connectivity index (χ2v) is 9.25. The predicted octanol–water partition coefficient (Wildman–Crippen LogP) is 5.31. The van der Waals surface area contributed by atoms with Crippen LogP contribution in [0, 0.1) is 11.6 Å². The molecule has 184 valence electrons. The van der Waals surface area contributed by atoms with Gasteiger partial charge < -0.3 is 21.1 Å². The van der Waals surface area contributed by atoms with E-state index in [1.165, 1.54) is 0 Å². The second-order valence-electron chi connectivity index (χ2n) is 8.87. The number of primary amides is 1. The number of hydrogen-bond donors (Lipinski definition) is 2. The van der Waals surface area contributed by atoms with Crippen molar-refractivity contribution in [2.24, 2.45) is 5.73 Å². The molecule has 0 spiro atoms. The maximum absolute atomic E-state index is 14.4. The standard InChI is InChI=1S/C26H27ClF2N4O2/c1-14(23-20(28)5-6-21(29)24(23)27)35-22-12-17(13-32-25(22)30)18-4-3-16(26(31)34)11-19(18)15-7-9-33(2)10-8-15/h3-6,11-15H,7-10H2,1-2H3,(H2,30,32)(H2,31,34). The third kappa shape index (κ3) is 5.23. The molecule has 1 aliphatic heterocycles. The third-order valence-corrected chi connectivity index (χ3v) is 6.86. The lowest BCUT2D eigenvalue weighted by Gasteiger charge is -2.30. The molecule has 4 rings (SSSR count). The van der Waals surface area contributed by atoms with Gasteiger partial charge in [0.25, 0.3) is 0 Å². The molecule has 2 aromatic carbocycles. The lowest BCUT2D eigenvalue weighted by atomic mass is 9.84. The Hall–Kier alpha value is -3.23. The van der Waals surface area contributed by atoms with Gasteiger partial charge in [0.1, 0.15) is 17.7 Å². The van der Waals surface area contributed by atoms with E-state index in [0.717, 1.165) is 54.8 Å². The van der Waals surface area contributed by atoms with Crippen molar-refractivity contribution in [1.82, 2.24) is 9.88 Å². The first kappa shape index (κ1) is 24.9. The molecule has 0 saturated carbocycles. The first-order valence-corrected chi connectivity index (χ1v) is 11.7. The first-order valence-electron chi connectivity index (χ1n) is 11.3. The van der Waals surface area contributed by atoms with Crippen molar-refractivity contribution in [1.29, 1.82) is 0 Å². The van der Waals surface area contributed by atoms with Gasteiger partial charge >= 0.3 is 0 Å². The molecule has 0 aliphatic carbocycles. The summed E-state index contributed by atoms with van der Waals surface area (Å²) in [5.41, 5.74) is 14.5. The highest BCUT2D eigenvalue weighted by Crippen LogP contribution is 2.39. The molecule has 4 N–H and O–H groups in total. The quantitative estimate of drug-likeness (QED) is 0.447. The maximum atomic E-state index is 14.4. The minimum atomic E-state index is -0.928. The number of ether oxygens (including phenoxy) is 1. The molecule has 0 radical (unpaired) electrons. The number of nitrogen functional groups attached to an aromatic ring is 1. The normalized spacial score (nSPS) is 15.7. The largest absolute Gasteiger partial charge is 0.482 e. The number of carbonyl (C=O) groups excluding carboxylic acids is 1. The Morgan fingerprint density at radius 1 is 1.17 bits per heavy atom. The van der Waals surface area contributed by atoms with Crippen molar-refractivity contribution in [3.05, 3.63) is 75.9 Å². The average Bonchev–Trinajstić information content (AvgIpc) is 2.83. The summed E-state index contributed by atoms with van der Waals surface area (Å²) in [4.78, 5) is 18.4. The minimum absolute atomic E-state index is 0.100. The van der Waals surface area contributed by atoms with E-state index in [1.807, 2.05) is 12.1 Å². The maximum Gasteiger partial charge on any atom is 0.248 e. The molecule has 35 heavy (non-hydrogen) atoms. The lowest BCUT2D eigenvalue weighted by Crippen LogP contribution is -2.29. The van der Waals surface area contributed by atoms with Crippen molar-refractivity contribution in [3.8, 4) is 16.9 Å². The van der Waals surface area contributed by atoms with Crippen LogP contribution in [0.5, 0.6) is 5.75 Å². The second kappa shape index (κ2) is 10.2. The van der Waals surface area contributed by atoms with Crippen molar-refractivity contribution in [2.75, 3.05) is 25.9 Å². The van der Waals surface area contributed by atoms with Gasteiger partial charge in [0, 0.05) is 22.9 Å². The summed E-state index contributed by atoms with van der Waals surface area (Å²) in [7, 11) is 2.08. The SMILES string of the molecule is CC(Oc1cc(-c2ccc(C(N)=O)cc2C2CCN(C)CC2)cnc1N)c1c(F)ccc(F)c1Cl. The monoisotopic (exact) mass is 500 g/mol. The number of likely N-dealkylation sites (tertiary alicyclic amines) is 1. The van der Waals surface area contributed by atoms with E-state index in [-0.39, 0.29) is 28.1 Å². The molecule has 9 heteroatoms. The van der Waals surface area contributed by atoms with Gasteiger partial charge in [-0.15, -0.1) is 0 Å². The van der Waals surface area contributed by atoms with Crippen LogP contribution in [0.4, 0.5) is 14.6 Å². The Balaban J connectivity index is 1.72. The van der Waals surface area contributed by atoms with Crippen LogP contribution < -0.4 is 16.2 Å². The van der Waals surface area contributed by atoms with Crippen LogP contribution >= 0.6 is 11.6 Å². The van der Waals surface area contributed by atoms with E-state index in [0.29, 0.717) is 5.56 Å². The highest BCUT2D eigenvalue weighted by atomic mass is 35.5. The Morgan fingerprint density at radius 3 is 2.54 bits per heavy atom. The summed E-state index contributed by atoms with van der Waals surface area (Å²) in [6.45, 7) is 3.44. The zero-order valence-electron chi connectivity index (χ0n) is 19.5. The lowest BCUT2D eigenvalue weighted by molar-refractivity contribution is 0.1000. The molecule has 1 aliphatic rings. The number of aromatic nitrogens is 1. The van der Waals surface area contributed by atoms with Crippen molar-refractivity contribution >= 4 is 23.3 Å². The predicted molar refractivity (Wildman–Crippen MR) is 132 cm³/mol. The van der Waals surface area contributed by atoms with Gasteiger partial charge in [0.05, 0.1) is 5.02 Å². The molecule has 3 aromatic rings. The highest BCUT2D eigenvalue weighted by Gasteiger charge is 2.24. The molecule has 1 amide bonds. The summed E-state index contributed by atoms with van der Waals surface area (Å²) in [5.74, 6) is -1.37. The number of piperidine rings is 1. The summed E-state index contributed by atoms with van der Waals surface area (Å²) in [6, 6.07) is 9.04. The Morgan fingerprint density at radius 2 is 1.86 bits per heavy atom. The van der Waals surface area contributed by atoms with Gasteiger partial charge in [-0.25, -0.2) is 13.8 Å². The van der Waals surface area contributed by atoms with Crippen molar-refractivity contribution in [3.63, 3.8) is 0 Å². The third-order valence-electron chi connectivity index (χ3n) is 6.48. The summed E-state index contributed by atoms with van der Waals surface area (Å²) >= 11 is 6.00. The Kier molecular flexibility index (Phi) is 7.23. The fraction of sp³-hybridized carbons (Fsp3) is 0.308. The van der Waals surface area contributed by atoms with Gasteiger partial charge in [-0.05, 0) is 87.3 Å². The van der Waals surface area contributed by atoms with Crippen molar-refractivity contribution in [2.45, 2.75) is 31.8 Å². The molecule has 6 nitrogen and oxygen atoms in total. The molecule has 0 bridgehead atoms. The number of hydrogen-bond acceptors (Lipinski definition) is 5. The number of benzene rings is 2. The highest BCUT2D eigenvalue weighted by molar-refractivity contribution is 6.31. The van der Waals surface area contributed by atoms with Crippen LogP contribution in [0.1, 0.15) is 53.3 Å². The van der Waals surface area contributed by atoms with Crippen LogP contribution in [0.3, 0.4) is 0 Å². The Bertz CT molecular complexity index is 1260.